The summed E-state index contributed by atoms with van der Waals surface area (Å²) < 4.78 is 13.8. The first-order valence-corrected chi connectivity index (χ1v) is 3.28. The summed E-state index contributed by atoms with van der Waals surface area (Å²) in [6.07, 6.45) is 1.19. The van der Waals surface area contributed by atoms with E-state index in [1.54, 1.807) is 0 Å². The second-order valence-corrected chi connectivity index (χ2v) is 2.36. The van der Waals surface area contributed by atoms with Crippen LogP contribution in [0.3, 0.4) is 0 Å². The third-order valence-electron chi connectivity index (χ3n) is 1.56. The average molecular weight is 168 g/mol. The predicted molar refractivity (Wildman–Crippen MR) is 38.3 cm³/mol. The van der Waals surface area contributed by atoms with Gasteiger partial charge in [-0.25, -0.2) is 0 Å². The van der Waals surface area contributed by atoms with Gasteiger partial charge in [-0.05, 0) is 6.92 Å². The lowest BCUT2D eigenvalue weighted by Crippen LogP contribution is -2.20. The Morgan fingerprint density at radius 1 is 1.67 bits per heavy atom. The fraction of sp³-hybridized carbons (Fsp3) is 0.167. The molecule has 0 bridgehead atoms. The molecular formula is C6H5FN4O. The van der Waals surface area contributed by atoms with Gasteiger partial charge in [-0.15, -0.1) is 0 Å². The number of H-pyrrole nitrogens is 1. The maximum Gasteiger partial charge on any atom is 0.311 e. The van der Waals surface area contributed by atoms with E-state index in [0.29, 0.717) is 0 Å². The van der Waals surface area contributed by atoms with E-state index in [1.165, 1.54) is 13.3 Å². The third kappa shape index (κ3) is 0.744. The molecule has 62 valence electrons. The lowest BCUT2D eigenvalue weighted by molar-refractivity contribution is 0.579. The molecule has 0 aliphatic carbocycles. The van der Waals surface area contributed by atoms with Gasteiger partial charge in [0.15, 0.2) is 0 Å². The summed E-state index contributed by atoms with van der Waals surface area (Å²) in [5.41, 5.74) is -0.612. The molecule has 0 saturated heterocycles. The Bertz CT molecular complexity index is 486. The Labute approximate surface area is 65.9 Å². The van der Waals surface area contributed by atoms with E-state index in [2.05, 4.69) is 15.1 Å². The lowest BCUT2D eigenvalue weighted by atomic mass is 10.4. The molecule has 5 nitrogen and oxygen atoms in total. The minimum absolute atomic E-state index is 0.167. The molecule has 0 atom stereocenters. The Kier molecular flexibility index (Phi) is 1.24. The fourth-order valence-electron chi connectivity index (χ4n) is 0.951. The highest BCUT2D eigenvalue weighted by Gasteiger charge is 2.08. The van der Waals surface area contributed by atoms with Crippen molar-refractivity contribution < 1.29 is 4.39 Å². The maximum atomic E-state index is 12.9. The molecule has 0 aliphatic rings. The van der Waals surface area contributed by atoms with Crippen molar-refractivity contribution >= 4 is 5.78 Å². The van der Waals surface area contributed by atoms with E-state index in [-0.39, 0.29) is 11.5 Å². The Hall–Kier alpha value is -1.72. The monoisotopic (exact) mass is 168 g/mol. The molecule has 0 aliphatic heterocycles. The van der Waals surface area contributed by atoms with Crippen LogP contribution in [-0.2, 0) is 0 Å². The van der Waals surface area contributed by atoms with Gasteiger partial charge in [-0.3, -0.25) is 4.79 Å². The van der Waals surface area contributed by atoms with E-state index in [1.807, 2.05) is 0 Å². The molecule has 12 heavy (non-hydrogen) atoms. The van der Waals surface area contributed by atoms with Gasteiger partial charge in [0.25, 0.3) is 0 Å². The number of aryl methyl sites for hydroxylation is 1. The van der Waals surface area contributed by atoms with Gasteiger partial charge in [0.05, 0.1) is 5.69 Å². The second kappa shape index (κ2) is 2.13. The van der Waals surface area contributed by atoms with Crippen molar-refractivity contribution in [3.63, 3.8) is 0 Å². The number of aromatic amines is 1. The van der Waals surface area contributed by atoms with Gasteiger partial charge in [-0.2, -0.15) is 19.0 Å². The van der Waals surface area contributed by atoms with Crippen LogP contribution in [0.2, 0.25) is 0 Å². The highest BCUT2D eigenvalue weighted by atomic mass is 19.1. The quantitative estimate of drug-likeness (QED) is 0.595. The van der Waals surface area contributed by atoms with Crippen LogP contribution in [0, 0.1) is 12.7 Å². The number of fused-ring (bicyclic) bond motifs is 1. The third-order valence-corrected chi connectivity index (χ3v) is 1.56. The average Bonchev–Trinajstić information content (AvgIpc) is 2.48. The van der Waals surface area contributed by atoms with Gasteiger partial charge in [0.2, 0.25) is 11.6 Å². The Morgan fingerprint density at radius 3 is 3.17 bits per heavy atom. The van der Waals surface area contributed by atoms with Gasteiger partial charge < -0.3 is 4.98 Å². The molecule has 0 aromatic carbocycles. The molecule has 0 unspecified atom stereocenters. The van der Waals surface area contributed by atoms with Gasteiger partial charge >= 0.3 is 5.56 Å². The van der Waals surface area contributed by atoms with Crippen LogP contribution in [0.4, 0.5) is 4.39 Å². The van der Waals surface area contributed by atoms with E-state index in [9.17, 15) is 9.18 Å². The van der Waals surface area contributed by atoms with Crippen LogP contribution >= 0.6 is 0 Å². The standard InChI is InChI=1S/C6H5FN4O/c1-3-4(7)5(12)11-6(10-3)8-2-9-11/h2H,1H3,(H,8,9,10). The zero-order valence-corrected chi connectivity index (χ0v) is 6.21. The minimum Gasteiger partial charge on any atom is -0.325 e. The molecule has 0 fully saturated rings. The van der Waals surface area contributed by atoms with E-state index in [4.69, 9.17) is 0 Å². The molecular weight excluding hydrogens is 163 g/mol. The van der Waals surface area contributed by atoms with Gasteiger partial charge in [0, 0.05) is 0 Å². The summed E-state index contributed by atoms with van der Waals surface area (Å²) in [6.45, 7) is 1.46. The normalized spacial score (nSPS) is 10.8. The van der Waals surface area contributed by atoms with Crippen molar-refractivity contribution in [2.75, 3.05) is 0 Å². The number of hydrogen-bond donors (Lipinski definition) is 1. The van der Waals surface area contributed by atoms with Crippen LogP contribution in [0.25, 0.3) is 5.78 Å². The highest BCUT2D eigenvalue weighted by Crippen LogP contribution is 1.97. The van der Waals surface area contributed by atoms with Crippen molar-refractivity contribution in [2.24, 2.45) is 0 Å². The first-order valence-electron chi connectivity index (χ1n) is 3.28. The number of halogens is 1. The molecule has 2 aromatic heterocycles. The summed E-state index contributed by atoms with van der Waals surface area (Å²) in [6, 6.07) is 0. The highest BCUT2D eigenvalue weighted by molar-refractivity contribution is 5.26. The summed E-state index contributed by atoms with van der Waals surface area (Å²) in [4.78, 5) is 17.4. The van der Waals surface area contributed by atoms with Crippen LogP contribution in [0.15, 0.2) is 11.1 Å². The largest absolute Gasteiger partial charge is 0.325 e. The molecule has 2 rings (SSSR count). The fourth-order valence-corrected chi connectivity index (χ4v) is 0.951. The molecule has 6 heteroatoms. The van der Waals surface area contributed by atoms with E-state index in [0.717, 1.165) is 4.52 Å². The second-order valence-electron chi connectivity index (χ2n) is 2.36. The van der Waals surface area contributed by atoms with Crippen molar-refractivity contribution in [3.05, 3.63) is 28.2 Å². The summed E-state index contributed by atoms with van der Waals surface area (Å²) >= 11 is 0. The number of hydrogen-bond acceptors (Lipinski definition) is 3. The number of nitrogens with one attached hydrogen (secondary N) is 1. The topological polar surface area (TPSA) is 63.1 Å². The molecule has 1 N–H and O–H groups in total. The first kappa shape index (κ1) is 6.96. The minimum atomic E-state index is -0.826. The number of aromatic nitrogens is 4. The molecule has 0 saturated carbocycles. The molecule has 0 radical (unpaired) electrons. The lowest BCUT2D eigenvalue weighted by Gasteiger charge is -1.95. The van der Waals surface area contributed by atoms with Crippen LogP contribution in [-0.4, -0.2) is 19.6 Å². The Balaban J connectivity index is 3.05. The van der Waals surface area contributed by atoms with E-state index < -0.39 is 11.4 Å². The van der Waals surface area contributed by atoms with Crippen LogP contribution < -0.4 is 5.56 Å². The van der Waals surface area contributed by atoms with Crippen molar-refractivity contribution in [1.82, 2.24) is 19.6 Å². The predicted octanol–water partition coefficient (Wildman–Crippen LogP) is -0.135. The molecule has 2 heterocycles. The SMILES string of the molecule is Cc1[nH]c2ncnn2c(=O)c1F. The van der Waals surface area contributed by atoms with E-state index >= 15 is 0 Å². The van der Waals surface area contributed by atoms with Gasteiger partial charge in [-0.1, -0.05) is 0 Å². The maximum absolute atomic E-state index is 12.9. The number of nitrogens with zero attached hydrogens (tertiary/aromatic N) is 3. The van der Waals surface area contributed by atoms with Crippen molar-refractivity contribution in [1.29, 1.82) is 0 Å². The van der Waals surface area contributed by atoms with Crippen LogP contribution in [0.5, 0.6) is 0 Å². The Morgan fingerprint density at radius 2 is 2.42 bits per heavy atom. The first-order chi connectivity index (χ1) is 5.70. The molecule has 0 spiro atoms. The number of rotatable bonds is 0. The molecule has 0 amide bonds. The van der Waals surface area contributed by atoms with Crippen molar-refractivity contribution in [2.45, 2.75) is 6.92 Å². The summed E-state index contributed by atoms with van der Waals surface area (Å²) in [5.74, 6) is -0.577. The summed E-state index contributed by atoms with van der Waals surface area (Å²) in [5, 5.41) is 3.54. The molecule has 2 aromatic rings. The van der Waals surface area contributed by atoms with Crippen LogP contribution in [0.1, 0.15) is 5.69 Å². The smallest absolute Gasteiger partial charge is 0.311 e. The zero-order valence-electron chi connectivity index (χ0n) is 6.21. The van der Waals surface area contributed by atoms with Crippen molar-refractivity contribution in [3.8, 4) is 0 Å². The summed E-state index contributed by atoms with van der Waals surface area (Å²) in [7, 11) is 0. The van der Waals surface area contributed by atoms with Gasteiger partial charge in [0.1, 0.15) is 6.33 Å². The zero-order chi connectivity index (χ0) is 8.72.